The molecule has 0 rings (SSSR count). The molecule has 9 nitrogen and oxygen atoms in total. The molecule has 0 saturated heterocycles. The minimum absolute atomic E-state index is 0.0309. The van der Waals surface area contributed by atoms with Gasteiger partial charge in [0.2, 0.25) is 5.91 Å². The van der Waals surface area contributed by atoms with Gasteiger partial charge in [0.05, 0.1) is 14.2 Å². The number of ketones is 1. The Kier molecular flexibility index (Phi) is 11.0. The topological polar surface area (TPSA) is 123 Å². The van der Waals surface area contributed by atoms with Gasteiger partial charge in [-0.1, -0.05) is 0 Å². The Morgan fingerprint density at radius 2 is 1.57 bits per heavy atom. The van der Waals surface area contributed by atoms with E-state index in [0.717, 1.165) is 0 Å². The first-order valence-electron chi connectivity index (χ1n) is 7.34. The Morgan fingerprint density at radius 3 is 2.13 bits per heavy atom. The van der Waals surface area contributed by atoms with E-state index in [-0.39, 0.29) is 24.7 Å². The van der Waals surface area contributed by atoms with E-state index in [0.29, 0.717) is 25.8 Å². The van der Waals surface area contributed by atoms with Gasteiger partial charge in [-0.15, -0.1) is 0 Å². The molecule has 0 unspecified atom stereocenters. The molecular formula is C14H25N3O6. The largest absolute Gasteiger partial charge is 0.453 e. The van der Waals surface area contributed by atoms with Crippen molar-refractivity contribution in [1.29, 1.82) is 0 Å². The summed E-state index contributed by atoms with van der Waals surface area (Å²) in [6.45, 7) is 2.06. The third-order valence-electron chi connectivity index (χ3n) is 2.94. The second kappa shape index (κ2) is 12.2. The highest BCUT2D eigenvalue weighted by Gasteiger charge is 2.20. The number of hydrogen-bond acceptors (Lipinski definition) is 6. The zero-order valence-corrected chi connectivity index (χ0v) is 13.8. The van der Waals surface area contributed by atoms with Gasteiger partial charge in [-0.2, -0.15) is 0 Å². The maximum absolute atomic E-state index is 12.0. The van der Waals surface area contributed by atoms with Crippen LogP contribution in [0.2, 0.25) is 0 Å². The molecule has 3 amide bonds. The zero-order valence-electron chi connectivity index (χ0n) is 13.8. The molecule has 0 aliphatic heterocycles. The van der Waals surface area contributed by atoms with Gasteiger partial charge in [-0.3, -0.25) is 9.59 Å². The van der Waals surface area contributed by atoms with Crippen molar-refractivity contribution in [3.8, 4) is 0 Å². The van der Waals surface area contributed by atoms with Gasteiger partial charge >= 0.3 is 12.2 Å². The molecule has 0 aromatic rings. The van der Waals surface area contributed by atoms with E-state index in [1.807, 2.05) is 0 Å². The fourth-order valence-electron chi connectivity index (χ4n) is 1.69. The molecule has 0 saturated carbocycles. The number of alkyl carbamates (subject to hydrolysis) is 2. The number of unbranched alkanes of at least 4 members (excludes halogenated alkanes) is 1. The SMILES string of the molecule is COC(=O)NCCCC[C@H](NC(=O)OC)C(=O)NCCC(C)=O. The summed E-state index contributed by atoms with van der Waals surface area (Å²) in [7, 11) is 2.48. The highest BCUT2D eigenvalue weighted by molar-refractivity contribution is 5.86. The number of rotatable bonds is 10. The van der Waals surface area contributed by atoms with Crippen LogP contribution in [0.15, 0.2) is 0 Å². The Morgan fingerprint density at radius 1 is 0.913 bits per heavy atom. The summed E-state index contributed by atoms with van der Waals surface area (Å²) >= 11 is 0. The monoisotopic (exact) mass is 331 g/mol. The van der Waals surface area contributed by atoms with E-state index >= 15 is 0 Å². The highest BCUT2D eigenvalue weighted by atomic mass is 16.5. The van der Waals surface area contributed by atoms with Crippen LogP contribution in [-0.2, 0) is 19.1 Å². The summed E-state index contributed by atoms with van der Waals surface area (Å²) in [5.41, 5.74) is 0. The normalized spacial score (nSPS) is 11.1. The Balaban J connectivity index is 4.22. The molecule has 23 heavy (non-hydrogen) atoms. The molecule has 0 radical (unpaired) electrons. The molecule has 132 valence electrons. The molecule has 0 aromatic carbocycles. The van der Waals surface area contributed by atoms with Gasteiger partial charge in [0.25, 0.3) is 0 Å². The average molecular weight is 331 g/mol. The van der Waals surface area contributed by atoms with Crippen LogP contribution in [0, 0.1) is 0 Å². The van der Waals surface area contributed by atoms with E-state index in [1.165, 1.54) is 21.1 Å². The summed E-state index contributed by atoms with van der Waals surface area (Å²) in [5, 5.41) is 7.56. The van der Waals surface area contributed by atoms with Crippen molar-refractivity contribution in [3.63, 3.8) is 0 Å². The summed E-state index contributed by atoms with van der Waals surface area (Å²) in [6.07, 6.45) is 0.609. The number of ether oxygens (including phenoxy) is 2. The van der Waals surface area contributed by atoms with Crippen LogP contribution in [0.25, 0.3) is 0 Å². The average Bonchev–Trinajstić information content (AvgIpc) is 2.52. The fraction of sp³-hybridized carbons (Fsp3) is 0.714. The molecule has 3 N–H and O–H groups in total. The second-order valence-corrected chi connectivity index (χ2v) is 4.85. The number of amides is 3. The van der Waals surface area contributed by atoms with Crippen LogP contribution in [0.3, 0.4) is 0 Å². The third kappa shape index (κ3) is 11.0. The van der Waals surface area contributed by atoms with Crippen LogP contribution < -0.4 is 16.0 Å². The molecule has 0 fully saturated rings. The lowest BCUT2D eigenvalue weighted by Crippen LogP contribution is -2.47. The number of carbonyl (C=O) groups is 4. The van der Waals surface area contributed by atoms with Gasteiger partial charge in [0, 0.05) is 19.5 Å². The number of Topliss-reactive ketones (excluding diaryl/α,β-unsaturated/α-hetero) is 1. The van der Waals surface area contributed by atoms with Gasteiger partial charge < -0.3 is 25.4 Å². The lowest BCUT2D eigenvalue weighted by molar-refractivity contribution is -0.123. The van der Waals surface area contributed by atoms with Crippen LogP contribution >= 0.6 is 0 Å². The molecular weight excluding hydrogens is 306 g/mol. The summed E-state index contributed by atoms with van der Waals surface area (Å²) < 4.78 is 8.92. The van der Waals surface area contributed by atoms with Crippen LogP contribution in [0.5, 0.6) is 0 Å². The van der Waals surface area contributed by atoms with Crippen LogP contribution in [0.4, 0.5) is 9.59 Å². The molecule has 9 heteroatoms. The molecule has 1 atom stereocenters. The molecule has 0 aliphatic rings. The highest BCUT2D eigenvalue weighted by Crippen LogP contribution is 2.02. The minimum Gasteiger partial charge on any atom is -0.453 e. The summed E-state index contributed by atoms with van der Waals surface area (Å²) in [4.78, 5) is 45.0. The smallest absolute Gasteiger partial charge is 0.407 e. The first-order valence-corrected chi connectivity index (χ1v) is 7.34. The van der Waals surface area contributed by atoms with E-state index in [1.54, 1.807) is 0 Å². The maximum Gasteiger partial charge on any atom is 0.407 e. The van der Waals surface area contributed by atoms with Crippen molar-refractivity contribution in [2.45, 2.75) is 38.6 Å². The number of nitrogens with one attached hydrogen (secondary N) is 3. The maximum atomic E-state index is 12.0. The van der Waals surface area contributed by atoms with Crippen LogP contribution in [-0.4, -0.2) is 57.2 Å². The van der Waals surface area contributed by atoms with Gasteiger partial charge in [-0.05, 0) is 26.2 Å². The number of methoxy groups -OCH3 is 2. The molecule has 0 aliphatic carbocycles. The lowest BCUT2D eigenvalue weighted by Gasteiger charge is -2.17. The third-order valence-corrected chi connectivity index (χ3v) is 2.94. The van der Waals surface area contributed by atoms with Crippen molar-refractivity contribution in [3.05, 3.63) is 0 Å². The molecule has 0 spiro atoms. The van der Waals surface area contributed by atoms with Gasteiger partial charge in [0.1, 0.15) is 11.8 Å². The first kappa shape index (κ1) is 20.7. The van der Waals surface area contributed by atoms with Crippen molar-refractivity contribution in [2.75, 3.05) is 27.3 Å². The van der Waals surface area contributed by atoms with E-state index in [2.05, 4.69) is 25.4 Å². The second-order valence-electron chi connectivity index (χ2n) is 4.85. The standard InChI is InChI=1S/C14H25N3O6/c1-10(18)7-9-15-12(19)11(17-14(21)23-3)6-4-5-8-16-13(20)22-2/h11H,4-9H2,1-3H3,(H,15,19)(H,16,20)(H,17,21)/t11-/m0/s1. The predicted molar refractivity (Wildman–Crippen MR) is 81.9 cm³/mol. The molecule has 0 bridgehead atoms. The van der Waals surface area contributed by atoms with E-state index in [4.69, 9.17) is 0 Å². The van der Waals surface area contributed by atoms with Crippen LogP contribution in [0.1, 0.15) is 32.6 Å². The molecule has 0 aromatic heterocycles. The summed E-state index contributed by atoms with van der Waals surface area (Å²) in [6, 6.07) is -0.757. The Hall–Kier alpha value is -2.32. The lowest BCUT2D eigenvalue weighted by atomic mass is 10.1. The predicted octanol–water partition coefficient (Wildman–Crippen LogP) is 0.333. The van der Waals surface area contributed by atoms with Crippen molar-refractivity contribution >= 4 is 23.9 Å². The van der Waals surface area contributed by atoms with E-state index in [9.17, 15) is 19.2 Å². The van der Waals surface area contributed by atoms with Crippen molar-refractivity contribution < 1.29 is 28.7 Å². The first-order chi connectivity index (χ1) is 10.9. The molecule has 0 heterocycles. The van der Waals surface area contributed by atoms with Crippen molar-refractivity contribution in [2.24, 2.45) is 0 Å². The summed E-state index contributed by atoms with van der Waals surface area (Å²) in [5.74, 6) is -0.408. The number of carbonyl (C=O) groups excluding carboxylic acids is 4. The van der Waals surface area contributed by atoms with Gasteiger partial charge in [-0.25, -0.2) is 9.59 Å². The van der Waals surface area contributed by atoms with E-state index < -0.39 is 18.2 Å². The Labute approximate surface area is 135 Å². The Bertz CT molecular complexity index is 413. The fourth-order valence-corrected chi connectivity index (χ4v) is 1.69. The quantitative estimate of drug-likeness (QED) is 0.496. The number of hydrogen-bond donors (Lipinski definition) is 3. The zero-order chi connectivity index (χ0) is 17.7. The minimum atomic E-state index is -0.757. The van der Waals surface area contributed by atoms with Crippen molar-refractivity contribution in [1.82, 2.24) is 16.0 Å². The van der Waals surface area contributed by atoms with Gasteiger partial charge in [0.15, 0.2) is 0 Å².